The lowest BCUT2D eigenvalue weighted by Gasteiger charge is -1.85. The lowest BCUT2D eigenvalue weighted by Crippen LogP contribution is -1.87. The summed E-state index contributed by atoms with van der Waals surface area (Å²) in [5.74, 6) is -0.380. The molecule has 2 aliphatic heterocycles. The standard InChI is InChI=1S/C3H3ClO2/c1-2-3(4,5-2)6-2/h1H3. The van der Waals surface area contributed by atoms with E-state index in [0.717, 1.165) is 0 Å². The summed E-state index contributed by atoms with van der Waals surface area (Å²) in [5, 5.41) is -0.674. The van der Waals surface area contributed by atoms with Crippen LogP contribution in [0, 0.1) is 0 Å². The fourth-order valence-electron chi connectivity index (χ4n) is 0.458. The number of hydrogen-bond acceptors (Lipinski definition) is 2. The quantitative estimate of drug-likeness (QED) is 0.335. The number of epoxide rings is 2. The highest BCUT2D eigenvalue weighted by Crippen LogP contribution is 2.69. The Morgan fingerprint density at radius 3 is 1.67 bits per heavy atom. The van der Waals surface area contributed by atoms with E-state index in [2.05, 4.69) is 0 Å². The maximum Gasteiger partial charge on any atom is 0.310 e. The van der Waals surface area contributed by atoms with Crippen LogP contribution in [0.1, 0.15) is 6.92 Å². The van der Waals surface area contributed by atoms with Crippen molar-refractivity contribution in [2.45, 2.75) is 18.0 Å². The summed E-state index contributed by atoms with van der Waals surface area (Å²) in [6.07, 6.45) is 0. The predicted octanol–water partition coefficient (Wildman–Crippen LogP) is 0.656. The van der Waals surface area contributed by atoms with Gasteiger partial charge in [0.05, 0.1) is 0 Å². The SMILES string of the molecule is CC12OC1(Cl)O2. The third kappa shape index (κ3) is 0.146. The van der Waals surface area contributed by atoms with Gasteiger partial charge in [0.2, 0.25) is 5.79 Å². The van der Waals surface area contributed by atoms with Crippen LogP contribution in [-0.4, -0.2) is 11.0 Å². The Morgan fingerprint density at radius 2 is 1.67 bits per heavy atom. The largest absolute Gasteiger partial charge is 0.310 e. The second kappa shape index (κ2) is 0.457. The predicted molar refractivity (Wildman–Crippen MR) is 19.2 cm³/mol. The van der Waals surface area contributed by atoms with Crippen molar-refractivity contribution < 1.29 is 9.47 Å². The molecule has 0 bridgehead atoms. The molecule has 2 saturated heterocycles. The minimum absolute atomic E-state index is 0.380. The average Bonchev–Trinajstić information content (AvgIpc) is 1.78. The van der Waals surface area contributed by atoms with Crippen LogP contribution in [-0.2, 0) is 9.47 Å². The first-order valence-electron chi connectivity index (χ1n) is 1.76. The molecule has 34 valence electrons. The van der Waals surface area contributed by atoms with Crippen molar-refractivity contribution in [3.8, 4) is 0 Å². The molecule has 0 saturated carbocycles. The second-order valence-corrected chi connectivity index (χ2v) is 2.18. The molecule has 2 fully saturated rings. The van der Waals surface area contributed by atoms with Gasteiger partial charge in [-0.3, -0.25) is 9.47 Å². The van der Waals surface area contributed by atoms with Gasteiger partial charge in [-0.25, -0.2) is 0 Å². The molecule has 0 spiro atoms. The minimum Gasteiger partial charge on any atom is -0.293 e. The van der Waals surface area contributed by atoms with Gasteiger partial charge < -0.3 is 0 Å². The van der Waals surface area contributed by atoms with Crippen LogP contribution in [0.2, 0.25) is 0 Å². The lowest BCUT2D eigenvalue weighted by atomic mass is 10.6. The highest BCUT2D eigenvalue weighted by atomic mass is 35.5. The van der Waals surface area contributed by atoms with Crippen molar-refractivity contribution >= 4 is 11.6 Å². The Kier molecular flexibility index (Phi) is 0.247. The number of halogens is 1. The molecule has 0 aliphatic carbocycles. The van der Waals surface area contributed by atoms with E-state index in [9.17, 15) is 0 Å². The lowest BCUT2D eigenvalue weighted by molar-refractivity contribution is -0.0565. The summed E-state index contributed by atoms with van der Waals surface area (Å²) in [5.41, 5.74) is 0. The van der Waals surface area contributed by atoms with Crippen LogP contribution in [0.4, 0.5) is 0 Å². The molecular weight excluding hydrogens is 103 g/mol. The summed E-state index contributed by atoms with van der Waals surface area (Å²) in [6, 6.07) is 0. The van der Waals surface area contributed by atoms with Crippen molar-refractivity contribution in [1.29, 1.82) is 0 Å². The van der Waals surface area contributed by atoms with Gasteiger partial charge in [0, 0.05) is 0 Å². The van der Waals surface area contributed by atoms with Crippen LogP contribution in [0.5, 0.6) is 0 Å². The molecule has 0 aromatic heterocycles. The van der Waals surface area contributed by atoms with Crippen LogP contribution >= 0.6 is 11.6 Å². The average molecular weight is 107 g/mol. The zero-order valence-corrected chi connectivity index (χ0v) is 3.95. The highest BCUT2D eigenvalue weighted by molar-refractivity contribution is 6.26. The zero-order valence-electron chi connectivity index (χ0n) is 3.19. The van der Waals surface area contributed by atoms with Gasteiger partial charge in [0.15, 0.2) is 0 Å². The Hall–Kier alpha value is 0.210. The molecule has 0 atom stereocenters. The van der Waals surface area contributed by atoms with E-state index in [1.165, 1.54) is 0 Å². The monoisotopic (exact) mass is 106 g/mol. The van der Waals surface area contributed by atoms with Gasteiger partial charge >= 0.3 is 5.25 Å². The minimum atomic E-state index is -0.674. The Balaban J connectivity index is 2.34. The number of rotatable bonds is 0. The third-order valence-electron chi connectivity index (χ3n) is 1.11. The number of alkyl halides is 1. The van der Waals surface area contributed by atoms with Gasteiger partial charge in [-0.05, 0) is 6.92 Å². The summed E-state index contributed by atoms with van der Waals surface area (Å²) in [7, 11) is 0. The highest BCUT2D eigenvalue weighted by Gasteiger charge is 2.88. The van der Waals surface area contributed by atoms with Crippen molar-refractivity contribution in [2.24, 2.45) is 0 Å². The molecule has 0 unspecified atom stereocenters. The normalized spacial score (nSPS) is 73.0. The van der Waals surface area contributed by atoms with Gasteiger partial charge in [-0.1, -0.05) is 11.6 Å². The molecule has 0 aromatic carbocycles. The van der Waals surface area contributed by atoms with Gasteiger partial charge in [-0.15, -0.1) is 0 Å². The third-order valence-corrected chi connectivity index (χ3v) is 1.61. The molecule has 0 amide bonds. The molecule has 2 heterocycles. The Morgan fingerprint density at radius 1 is 1.50 bits per heavy atom. The summed E-state index contributed by atoms with van der Waals surface area (Å²) in [4.78, 5) is 0. The molecular formula is C3H3ClO2. The second-order valence-electron chi connectivity index (χ2n) is 1.69. The van der Waals surface area contributed by atoms with Crippen LogP contribution < -0.4 is 0 Å². The first kappa shape index (κ1) is 3.24. The van der Waals surface area contributed by atoms with Gasteiger partial charge in [0.25, 0.3) is 0 Å². The number of hydrogen-bond donors (Lipinski definition) is 0. The Labute approximate surface area is 40.0 Å². The van der Waals surface area contributed by atoms with Crippen LogP contribution in [0.25, 0.3) is 0 Å². The van der Waals surface area contributed by atoms with E-state index in [1.807, 2.05) is 0 Å². The first-order valence-corrected chi connectivity index (χ1v) is 2.13. The zero-order chi connectivity index (χ0) is 4.41. The Bertz CT molecular complexity index is 93.4. The van der Waals surface area contributed by atoms with Crippen molar-refractivity contribution in [1.82, 2.24) is 0 Å². The number of fused-ring (bicyclic) bond motifs is 1. The molecule has 6 heavy (non-hydrogen) atoms. The van der Waals surface area contributed by atoms with Crippen LogP contribution in [0.3, 0.4) is 0 Å². The maximum atomic E-state index is 5.41. The molecule has 2 aliphatic rings. The smallest absolute Gasteiger partial charge is 0.293 e. The van der Waals surface area contributed by atoms with Gasteiger partial charge in [0.1, 0.15) is 0 Å². The van der Waals surface area contributed by atoms with Crippen molar-refractivity contribution in [3.05, 3.63) is 0 Å². The van der Waals surface area contributed by atoms with Crippen molar-refractivity contribution in [2.75, 3.05) is 0 Å². The molecule has 3 heteroatoms. The van der Waals surface area contributed by atoms with E-state index in [-0.39, 0.29) is 5.79 Å². The maximum absolute atomic E-state index is 5.41. The van der Waals surface area contributed by atoms with E-state index < -0.39 is 5.25 Å². The summed E-state index contributed by atoms with van der Waals surface area (Å²) < 4.78 is 9.45. The van der Waals surface area contributed by atoms with Crippen molar-refractivity contribution in [3.63, 3.8) is 0 Å². The molecule has 0 N–H and O–H groups in total. The van der Waals surface area contributed by atoms with Gasteiger partial charge in [-0.2, -0.15) is 0 Å². The fraction of sp³-hybridized carbons (Fsp3) is 1.00. The molecule has 0 radical (unpaired) electrons. The van der Waals surface area contributed by atoms with E-state index >= 15 is 0 Å². The van der Waals surface area contributed by atoms with E-state index in [0.29, 0.717) is 0 Å². The molecule has 0 aromatic rings. The summed E-state index contributed by atoms with van der Waals surface area (Å²) >= 11 is 5.41. The van der Waals surface area contributed by atoms with Crippen LogP contribution in [0.15, 0.2) is 0 Å². The summed E-state index contributed by atoms with van der Waals surface area (Å²) in [6.45, 7) is 1.81. The number of ether oxygens (including phenoxy) is 2. The first-order chi connectivity index (χ1) is 2.66. The van der Waals surface area contributed by atoms with E-state index in [1.54, 1.807) is 6.92 Å². The van der Waals surface area contributed by atoms with E-state index in [4.69, 9.17) is 21.1 Å². The molecule has 2 nitrogen and oxygen atoms in total. The fourth-order valence-corrected chi connectivity index (χ4v) is 0.752. The molecule has 2 rings (SSSR count). The topological polar surface area (TPSA) is 25.1 Å².